The van der Waals surface area contributed by atoms with Crippen LogP contribution in [0.4, 0.5) is 8.78 Å². The molecule has 3 aliphatic carbocycles. The van der Waals surface area contributed by atoms with E-state index in [1.807, 2.05) is 0 Å². The van der Waals surface area contributed by atoms with Crippen molar-refractivity contribution in [2.24, 2.45) is 29.6 Å². The van der Waals surface area contributed by atoms with Crippen molar-refractivity contribution >= 4 is 5.97 Å². The van der Waals surface area contributed by atoms with Gasteiger partial charge in [0.15, 0.2) is 0 Å². The summed E-state index contributed by atoms with van der Waals surface area (Å²) >= 11 is 0. The van der Waals surface area contributed by atoms with E-state index in [0.29, 0.717) is 18.8 Å². The minimum absolute atomic E-state index is 0.172. The highest BCUT2D eigenvalue weighted by molar-refractivity contribution is 5.75. The number of nitriles is 1. The Morgan fingerprint density at radius 1 is 0.886 bits per heavy atom. The highest BCUT2D eigenvalue weighted by Crippen LogP contribution is 2.42. The van der Waals surface area contributed by atoms with E-state index in [0.717, 1.165) is 49.3 Å². The number of benzene rings is 1. The first-order valence-electron chi connectivity index (χ1n) is 13.7. The van der Waals surface area contributed by atoms with E-state index in [-0.39, 0.29) is 17.8 Å². The van der Waals surface area contributed by atoms with Gasteiger partial charge in [-0.1, -0.05) is 26.2 Å². The molecule has 3 fully saturated rings. The summed E-state index contributed by atoms with van der Waals surface area (Å²) in [6.45, 7) is 3.15. The summed E-state index contributed by atoms with van der Waals surface area (Å²) in [5, 5.41) is 8.76. The molecule has 0 radical (unpaired) electrons. The molecule has 4 nitrogen and oxygen atoms in total. The minimum Gasteiger partial charge on any atom is -0.426 e. The molecule has 3 saturated carbocycles. The van der Waals surface area contributed by atoms with Crippen molar-refractivity contribution in [1.82, 2.24) is 0 Å². The molecule has 0 amide bonds. The fraction of sp³-hybridized carbons (Fsp3) is 0.724. The molecule has 1 aromatic rings. The third-order valence-electron chi connectivity index (χ3n) is 8.95. The Morgan fingerprint density at radius 2 is 1.43 bits per heavy atom. The lowest BCUT2D eigenvalue weighted by molar-refractivity contribution is -0.141. The summed E-state index contributed by atoms with van der Waals surface area (Å²) < 4.78 is 39.0. The largest absolute Gasteiger partial charge is 0.426 e. The molecule has 3 aliphatic rings. The van der Waals surface area contributed by atoms with Crippen LogP contribution in [0, 0.1) is 52.6 Å². The summed E-state index contributed by atoms with van der Waals surface area (Å²) in [6, 6.07) is 3.24. The first-order chi connectivity index (χ1) is 17.0. The standard InChI is InChI=1S/C29H39F2NO3/c1-2-19-3-7-21(8-4-19)22-9-5-20(6-10-22)18-34-24-13-11-23(12-14-24)29(33)35-25-15-27(30)26(17-32)28(31)16-25/h15-16,19-24H,2-14,18H2,1H3. The van der Waals surface area contributed by atoms with Crippen molar-refractivity contribution in [3.8, 4) is 11.8 Å². The predicted octanol–water partition coefficient (Wildman–Crippen LogP) is 7.34. The zero-order valence-electron chi connectivity index (χ0n) is 20.9. The van der Waals surface area contributed by atoms with Gasteiger partial charge >= 0.3 is 5.97 Å². The van der Waals surface area contributed by atoms with Crippen LogP contribution in [0.2, 0.25) is 0 Å². The van der Waals surface area contributed by atoms with Crippen LogP contribution in [0.5, 0.6) is 5.75 Å². The lowest BCUT2D eigenvalue weighted by Crippen LogP contribution is -2.31. The fourth-order valence-corrected chi connectivity index (χ4v) is 6.55. The number of ether oxygens (including phenoxy) is 2. The van der Waals surface area contributed by atoms with Crippen LogP contribution in [-0.4, -0.2) is 18.7 Å². The van der Waals surface area contributed by atoms with Gasteiger partial charge in [-0.15, -0.1) is 0 Å². The maximum atomic E-state index is 13.8. The van der Waals surface area contributed by atoms with Crippen LogP contribution in [0.3, 0.4) is 0 Å². The van der Waals surface area contributed by atoms with Crippen molar-refractivity contribution in [3.63, 3.8) is 0 Å². The molecule has 4 rings (SSSR count). The van der Waals surface area contributed by atoms with E-state index in [2.05, 4.69) is 6.92 Å². The maximum Gasteiger partial charge on any atom is 0.314 e. The number of halogens is 2. The first-order valence-corrected chi connectivity index (χ1v) is 13.7. The van der Waals surface area contributed by atoms with E-state index in [9.17, 15) is 13.6 Å². The summed E-state index contributed by atoms with van der Waals surface area (Å²) in [4.78, 5) is 12.5. The van der Waals surface area contributed by atoms with Gasteiger partial charge in [0.05, 0.1) is 12.0 Å². The van der Waals surface area contributed by atoms with Gasteiger partial charge in [0.1, 0.15) is 29.0 Å². The highest BCUT2D eigenvalue weighted by atomic mass is 19.1. The van der Waals surface area contributed by atoms with Gasteiger partial charge in [0, 0.05) is 18.7 Å². The minimum atomic E-state index is -1.02. The predicted molar refractivity (Wildman–Crippen MR) is 130 cm³/mol. The van der Waals surface area contributed by atoms with Crippen molar-refractivity contribution in [1.29, 1.82) is 5.26 Å². The first kappa shape index (κ1) is 26.1. The van der Waals surface area contributed by atoms with E-state index < -0.39 is 23.2 Å². The lowest BCUT2D eigenvalue weighted by Gasteiger charge is -2.38. The van der Waals surface area contributed by atoms with Crippen molar-refractivity contribution in [2.45, 2.75) is 96.5 Å². The van der Waals surface area contributed by atoms with Gasteiger partial charge in [-0.3, -0.25) is 4.79 Å². The van der Waals surface area contributed by atoms with E-state index >= 15 is 0 Å². The van der Waals surface area contributed by atoms with E-state index in [4.69, 9.17) is 14.7 Å². The van der Waals surface area contributed by atoms with Crippen molar-refractivity contribution in [2.75, 3.05) is 6.61 Å². The molecule has 1 aromatic carbocycles. The van der Waals surface area contributed by atoms with Crippen LogP contribution in [0.25, 0.3) is 0 Å². The van der Waals surface area contributed by atoms with Gasteiger partial charge in [0.2, 0.25) is 0 Å². The second kappa shape index (κ2) is 12.3. The van der Waals surface area contributed by atoms with E-state index in [1.165, 1.54) is 63.9 Å². The quantitative estimate of drug-likeness (QED) is 0.298. The van der Waals surface area contributed by atoms with Gasteiger partial charge in [-0.25, -0.2) is 8.78 Å². The number of carbonyl (C=O) groups is 1. The summed E-state index contributed by atoms with van der Waals surface area (Å²) in [5.41, 5.74) is -0.671. The Kier molecular flexibility index (Phi) is 9.16. The average molecular weight is 488 g/mol. The Bertz CT molecular complexity index is 867. The number of hydrogen-bond acceptors (Lipinski definition) is 4. The van der Waals surface area contributed by atoms with Crippen LogP contribution < -0.4 is 4.74 Å². The van der Waals surface area contributed by atoms with Crippen molar-refractivity contribution < 1.29 is 23.0 Å². The average Bonchev–Trinajstić information content (AvgIpc) is 2.88. The third-order valence-corrected chi connectivity index (χ3v) is 8.95. The zero-order valence-corrected chi connectivity index (χ0v) is 20.9. The molecule has 6 heteroatoms. The Hall–Kier alpha value is -2.00. The normalized spacial score (nSPS) is 31.5. The van der Waals surface area contributed by atoms with E-state index in [1.54, 1.807) is 0 Å². The molecule has 0 saturated heterocycles. The number of carbonyl (C=O) groups excluding carboxylic acids is 1. The molecule has 0 spiro atoms. The molecule has 0 aliphatic heterocycles. The third kappa shape index (κ3) is 6.82. The van der Waals surface area contributed by atoms with Gasteiger partial charge in [-0.05, 0) is 87.9 Å². The van der Waals surface area contributed by atoms with Crippen LogP contribution >= 0.6 is 0 Å². The molecule has 0 N–H and O–H groups in total. The summed E-state index contributed by atoms with van der Waals surface area (Å²) in [7, 11) is 0. The number of esters is 1. The molecular weight excluding hydrogens is 448 g/mol. The number of hydrogen-bond donors (Lipinski definition) is 0. The van der Waals surface area contributed by atoms with Gasteiger partial charge in [-0.2, -0.15) is 5.26 Å². The second-order valence-corrected chi connectivity index (χ2v) is 11.1. The molecule has 0 heterocycles. The number of rotatable bonds is 7. The fourth-order valence-electron chi connectivity index (χ4n) is 6.55. The van der Waals surface area contributed by atoms with Crippen LogP contribution in [-0.2, 0) is 9.53 Å². The smallest absolute Gasteiger partial charge is 0.314 e. The maximum absolute atomic E-state index is 13.8. The zero-order chi connectivity index (χ0) is 24.8. The van der Waals surface area contributed by atoms with Crippen molar-refractivity contribution in [3.05, 3.63) is 29.3 Å². The van der Waals surface area contributed by atoms with Gasteiger partial charge in [0.25, 0.3) is 0 Å². The van der Waals surface area contributed by atoms with Crippen LogP contribution in [0.1, 0.15) is 96.0 Å². The number of nitrogens with zero attached hydrogens (tertiary/aromatic N) is 1. The Labute approximate surface area is 208 Å². The Morgan fingerprint density at radius 3 is 1.94 bits per heavy atom. The summed E-state index contributed by atoms with van der Waals surface area (Å²) in [6.07, 6.45) is 15.4. The molecule has 0 unspecified atom stereocenters. The molecule has 0 bridgehead atoms. The summed E-state index contributed by atoms with van der Waals surface area (Å²) in [5.74, 6) is 0.479. The molecule has 35 heavy (non-hydrogen) atoms. The van der Waals surface area contributed by atoms with Gasteiger partial charge < -0.3 is 9.47 Å². The topological polar surface area (TPSA) is 59.3 Å². The SMILES string of the molecule is CCC1CCC(C2CCC(COC3CCC(C(=O)Oc4cc(F)c(C#N)c(F)c4)CC3)CC2)CC1. The molecule has 0 atom stereocenters. The molecular formula is C29H39F2NO3. The second-order valence-electron chi connectivity index (χ2n) is 11.1. The van der Waals surface area contributed by atoms with Crippen LogP contribution in [0.15, 0.2) is 12.1 Å². The highest BCUT2D eigenvalue weighted by Gasteiger charge is 2.32. The molecule has 0 aromatic heterocycles. The molecule has 192 valence electrons. The Balaban J connectivity index is 1.13. The lowest BCUT2D eigenvalue weighted by atomic mass is 9.69. The monoisotopic (exact) mass is 487 g/mol.